The second kappa shape index (κ2) is 8.98. The van der Waals surface area contributed by atoms with E-state index in [0.29, 0.717) is 0 Å². The Morgan fingerprint density at radius 3 is 2.68 bits per heavy atom. The second-order valence-corrected chi connectivity index (χ2v) is 7.83. The molecule has 0 bridgehead atoms. The van der Waals surface area contributed by atoms with Crippen LogP contribution in [0.25, 0.3) is 0 Å². The average molecular weight is 495 g/mol. The van der Waals surface area contributed by atoms with E-state index in [-0.39, 0.29) is 49.1 Å². The van der Waals surface area contributed by atoms with Crippen LogP contribution in [-0.4, -0.2) is 58.9 Å². The highest BCUT2D eigenvalue weighted by Crippen LogP contribution is 2.38. The Morgan fingerprint density at radius 1 is 1.24 bits per heavy atom. The molecule has 4 rings (SSSR count). The predicted octanol–water partition coefficient (Wildman–Crippen LogP) is 2.86. The maximum atomic E-state index is 13.0. The van der Waals surface area contributed by atoms with Gasteiger partial charge in [-0.05, 0) is 18.2 Å². The first-order valence-corrected chi connectivity index (χ1v) is 10.1. The number of rotatable bonds is 6. The molecule has 2 aromatic rings. The van der Waals surface area contributed by atoms with Crippen molar-refractivity contribution < 1.29 is 50.5 Å². The molecular formula is C20H19F6N3O5. The Bertz CT molecular complexity index is 1030. The van der Waals surface area contributed by atoms with Crippen molar-refractivity contribution >= 4 is 5.91 Å². The highest BCUT2D eigenvalue weighted by Gasteiger charge is 2.36. The SMILES string of the molecule is O=C(N[C@H]1COc2ccc(C(F)(F)F)cc2C1O)c1cc2n(n1)C[C@H](CCOCC(F)(F)F)O2. The molecule has 0 radical (unpaired) electrons. The molecule has 34 heavy (non-hydrogen) atoms. The number of halogens is 6. The van der Waals surface area contributed by atoms with E-state index >= 15 is 0 Å². The van der Waals surface area contributed by atoms with Gasteiger partial charge in [0.2, 0.25) is 5.88 Å². The van der Waals surface area contributed by atoms with Crippen molar-refractivity contribution in [1.82, 2.24) is 15.1 Å². The summed E-state index contributed by atoms with van der Waals surface area (Å²) in [5.74, 6) is -0.393. The fourth-order valence-corrected chi connectivity index (χ4v) is 3.63. The summed E-state index contributed by atoms with van der Waals surface area (Å²) in [5.41, 5.74) is -1.12. The van der Waals surface area contributed by atoms with Crippen LogP contribution in [-0.2, 0) is 17.5 Å². The quantitative estimate of drug-likeness (QED) is 0.473. The van der Waals surface area contributed by atoms with Crippen LogP contribution in [0.1, 0.15) is 34.1 Å². The van der Waals surface area contributed by atoms with E-state index in [1.807, 2.05) is 0 Å². The number of amides is 1. The standard InChI is InChI=1S/C20H19F6N3O5/c21-19(22,23)9-32-4-3-11-7-29-16(34-11)6-13(28-29)18(31)27-14-8-33-15-2-1-10(20(24,25)26)5-12(15)17(14)30/h1-2,5-6,11,14,17,30H,3-4,7-9H2,(H,27,31)/t11-,14-,17?/m0/s1. The number of nitrogens with zero attached hydrogens (tertiary/aromatic N) is 2. The van der Waals surface area contributed by atoms with Gasteiger partial charge in [0.1, 0.15) is 31.2 Å². The second-order valence-electron chi connectivity index (χ2n) is 7.83. The zero-order chi connectivity index (χ0) is 24.7. The number of ether oxygens (including phenoxy) is 3. The van der Waals surface area contributed by atoms with E-state index < -0.39 is 48.7 Å². The molecule has 186 valence electrons. The Balaban J connectivity index is 1.33. The summed E-state index contributed by atoms with van der Waals surface area (Å²) >= 11 is 0. The molecule has 3 atom stereocenters. The smallest absolute Gasteiger partial charge is 0.416 e. The summed E-state index contributed by atoms with van der Waals surface area (Å²) in [7, 11) is 0. The lowest BCUT2D eigenvalue weighted by Crippen LogP contribution is -2.45. The van der Waals surface area contributed by atoms with Gasteiger partial charge >= 0.3 is 12.4 Å². The first-order chi connectivity index (χ1) is 15.9. The monoisotopic (exact) mass is 495 g/mol. The molecule has 2 N–H and O–H groups in total. The third kappa shape index (κ3) is 5.38. The number of benzene rings is 1. The molecule has 8 nitrogen and oxygen atoms in total. The lowest BCUT2D eigenvalue weighted by molar-refractivity contribution is -0.174. The van der Waals surface area contributed by atoms with Crippen LogP contribution in [0, 0.1) is 0 Å². The lowest BCUT2D eigenvalue weighted by Gasteiger charge is -2.31. The van der Waals surface area contributed by atoms with Crippen molar-refractivity contribution in [3.05, 3.63) is 41.1 Å². The van der Waals surface area contributed by atoms with Gasteiger partial charge in [0.25, 0.3) is 5.91 Å². The van der Waals surface area contributed by atoms with Gasteiger partial charge in [0.15, 0.2) is 5.69 Å². The van der Waals surface area contributed by atoms with E-state index in [4.69, 9.17) is 9.47 Å². The molecule has 0 saturated heterocycles. The molecule has 0 aliphatic carbocycles. The Labute approximate surface area is 188 Å². The molecule has 1 unspecified atom stereocenters. The van der Waals surface area contributed by atoms with E-state index in [1.165, 1.54) is 10.7 Å². The zero-order valence-corrected chi connectivity index (χ0v) is 17.3. The molecular weight excluding hydrogens is 476 g/mol. The molecule has 0 saturated carbocycles. The number of hydrogen-bond acceptors (Lipinski definition) is 6. The molecule has 0 spiro atoms. The van der Waals surface area contributed by atoms with Crippen LogP contribution in [0.5, 0.6) is 11.6 Å². The van der Waals surface area contributed by atoms with Crippen molar-refractivity contribution in [3.8, 4) is 11.6 Å². The minimum atomic E-state index is -4.61. The molecule has 14 heteroatoms. The number of aliphatic hydroxyl groups is 1. The number of aromatic nitrogens is 2. The van der Waals surface area contributed by atoms with Gasteiger partial charge in [-0.15, -0.1) is 0 Å². The van der Waals surface area contributed by atoms with Crippen molar-refractivity contribution in [2.24, 2.45) is 0 Å². The first-order valence-electron chi connectivity index (χ1n) is 10.1. The Kier molecular flexibility index (Phi) is 6.38. The predicted molar refractivity (Wildman–Crippen MR) is 101 cm³/mol. The zero-order valence-electron chi connectivity index (χ0n) is 17.3. The third-order valence-electron chi connectivity index (χ3n) is 5.26. The van der Waals surface area contributed by atoms with Crippen molar-refractivity contribution in [2.75, 3.05) is 19.8 Å². The van der Waals surface area contributed by atoms with Crippen LogP contribution < -0.4 is 14.8 Å². The lowest BCUT2D eigenvalue weighted by atomic mass is 9.97. The van der Waals surface area contributed by atoms with Gasteiger partial charge in [0, 0.05) is 18.1 Å². The van der Waals surface area contributed by atoms with Gasteiger partial charge in [-0.1, -0.05) is 0 Å². The summed E-state index contributed by atoms with van der Waals surface area (Å²) in [6.45, 7) is -1.50. The molecule has 3 heterocycles. The summed E-state index contributed by atoms with van der Waals surface area (Å²) in [5, 5.41) is 17.1. The van der Waals surface area contributed by atoms with Gasteiger partial charge in [-0.2, -0.15) is 31.4 Å². The van der Waals surface area contributed by atoms with Crippen molar-refractivity contribution in [3.63, 3.8) is 0 Å². The molecule has 0 fully saturated rings. The van der Waals surface area contributed by atoms with Crippen LogP contribution in [0.3, 0.4) is 0 Å². The Morgan fingerprint density at radius 2 is 2.00 bits per heavy atom. The summed E-state index contributed by atoms with van der Waals surface area (Å²) < 4.78 is 92.1. The van der Waals surface area contributed by atoms with E-state index in [0.717, 1.165) is 18.2 Å². The number of alkyl halides is 6. The number of hydrogen-bond donors (Lipinski definition) is 2. The van der Waals surface area contributed by atoms with E-state index in [9.17, 15) is 36.2 Å². The van der Waals surface area contributed by atoms with Crippen molar-refractivity contribution in [2.45, 2.75) is 43.6 Å². The largest absolute Gasteiger partial charge is 0.491 e. The molecule has 2 aliphatic rings. The normalized spacial score (nSPS) is 21.9. The van der Waals surface area contributed by atoms with Crippen molar-refractivity contribution in [1.29, 1.82) is 0 Å². The third-order valence-corrected chi connectivity index (χ3v) is 5.26. The number of aliphatic hydroxyl groups excluding tert-OH is 1. The van der Waals surface area contributed by atoms with Gasteiger partial charge < -0.3 is 24.6 Å². The van der Waals surface area contributed by atoms with Gasteiger partial charge in [-0.3, -0.25) is 4.79 Å². The highest BCUT2D eigenvalue weighted by molar-refractivity contribution is 5.92. The minimum Gasteiger partial charge on any atom is -0.491 e. The fraction of sp³-hybridized carbons (Fsp3) is 0.500. The first kappa shape index (κ1) is 24.1. The van der Waals surface area contributed by atoms with Crippen LogP contribution in [0.4, 0.5) is 26.3 Å². The maximum absolute atomic E-state index is 13.0. The molecule has 1 aromatic heterocycles. The highest BCUT2D eigenvalue weighted by atomic mass is 19.4. The van der Waals surface area contributed by atoms with Gasteiger partial charge in [-0.25, -0.2) is 4.68 Å². The molecule has 2 aliphatic heterocycles. The number of carbonyl (C=O) groups excluding carboxylic acids is 1. The summed E-state index contributed by atoms with van der Waals surface area (Å²) in [6.07, 6.45) is -10.7. The summed E-state index contributed by atoms with van der Waals surface area (Å²) in [6, 6.07) is 3.02. The number of nitrogens with one attached hydrogen (secondary N) is 1. The minimum absolute atomic E-state index is 0.0659. The van der Waals surface area contributed by atoms with E-state index in [1.54, 1.807) is 0 Å². The molecule has 1 aromatic carbocycles. The number of fused-ring (bicyclic) bond motifs is 2. The molecule has 1 amide bonds. The van der Waals surface area contributed by atoms with E-state index in [2.05, 4.69) is 15.2 Å². The Hall–Kier alpha value is -3.00. The average Bonchev–Trinajstić information content (AvgIpc) is 3.30. The summed E-state index contributed by atoms with van der Waals surface area (Å²) in [4.78, 5) is 12.6. The fourth-order valence-electron chi connectivity index (χ4n) is 3.63. The van der Waals surface area contributed by atoms with Crippen LogP contribution in [0.15, 0.2) is 24.3 Å². The number of carbonyl (C=O) groups is 1. The topological polar surface area (TPSA) is 94.8 Å². The maximum Gasteiger partial charge on any atom is 0.416 e. The van der Waals surface area contributed by atoms with Gasteiger partial charge in [0.05, 0.1) is 24.8 Å². The van der Waals surface area contributed by atoms with Crippen LogP contribution >= 0.6 is 0 Å². The van der Waals surface area contributed by atoms with Crippen LogP contribution in [0.2, 0.25) is 0 Å².